The molecule has 11 heteroatoms. The minimum atomic E-state index is -3.88. The van der Waals surface area contributed by atoms with Crippen LogP contribution in [0.25, 0.3) is 10.8 Å². The molecule has 0 unspecified atom stereocenters. The summed E-state index contributed by atoms with van der Waals surface area (Å²) in [5, 5.41) is 4.98. The minimum Gasteiger partial charge on any atom is -0.322 e. The van der Waals surface area contributed by atoms with Crippen LogP contribution in [0.4, 0.5) is 17.1 Å². The average Bonchev–Trinajstić information content (AvgIpc) is 2.97. The van der Waals surface area contributed by atoms with Gasteiger partial charge in [-0.3, -0.25) is 13.8 Å². The highest BCUT2D eigenvalue weighted by molar-refractivity contribution is 7.92. The molecule has 0 spiro atoms. The lowest BCUT2D eigenvalue weighted by atomic mass is 10.1. The maximum Gasteiger partial charge on any atom is 0.261 e. The lowest BCUT2D eigenvalue weighted by Gasteiger charge is -2.23. The number of fused-ring (bicyclic) bond motifs is 1. The quantitative estimate of drug-likeness (QED) is 0.195. The summed E-state index contributed by atoms with van der Waals surface area (Å²) in [6.45, 7) is 0.103. The van der Waals surface area contributed by atoms with Gasteiger partial charge in [0.1, 0.15) is 0 Å². The Hall–Kier alpha value is -4.38. The third-order valence-corrected chi connectivity index (χ3v) is 9.29. The molecule has 2 N–H and O–H groups in total. The Kier molecular flexibility index (Phi) is 8.22. The Morgan fingerprint density at radius 2 is 1.40 bits per heavy atom. The van der Waals surface area contributed by atoms with Gasteiger partial charge in [-0.05, 0) is 77.7 Å². The molecule has 0 saturated carbocycles. The van der Waals surface area contributed by atoms with Crippen LogP contribution in [0.1, 0.15) is 15.9 Å². The van der Waals surface area contributed by atoms with Crippen molar-refractivity contribution in [1.82, 2.24) is 0 Å². The molecule has 0 radical (unpaired) electrons. The molecule has 1 amide bonds. The number of carbonyl (C=O) groups excluding carboxylic acids is 1. The zero-order valence-corrected chi connectivity index (χ0v) is 24.7. The minimum absolute atomic E-state index is 0.0411. The van der Waals surface area contributed by atoms with Gasteiger partial charge in [0, 0.05) is 21.7 Å². The largest absolute Gasteiger partial charge is 0.322 e. The molecule has 5 aromatic carbocycles. The highest BCUT2D eigenvalue weighted by Gasteiger charge is 2.19. The van der Waals surface area contributed by atoms with Crippen LogP contribution in [0.3, 0.4) is 0 Å². The summed E-state index contributed by atoms with van der Waals surface area (Å²) in [5.74, 6) is -0.436. The summed E-state index contributed by atoms with van der Waals surface area (Å²) in [4.78, 5) is 12.9. The summed E-state index contributed by atoms with van der Waals surface area (Å²) in [6, 6.07) is 31.7. The molecule has 0 heterocycles. The number of nitrogens with one attached hydrogen (secondary N) is 2. The molecule has 0 aliphatic heterocycles. The number of hydrogen-bond donors (Lipinski definition) is 2. The van der Waals surface area contributed by atoms with Gasteiger partial charge in [-0.15, -0.1) is 0 Å². The van der Waals surface area contributed by atoms with Crippen molar-refractivity contribution in [3.05, 3.63) is 131 Å². The van der Waals surface area contributed by atoms with Crippen LogP contribution in [-0.4, -0.2) is 29.0 Å². The lowest BCUT2D eigenvalue weighted by molar-refractivity contribution is 0.102. The number of sulfonamides is 2. The Morgan fingerprint density at radius 3 is 2.07 bits per heavy atom. The fourth-order valence-electron chi connectivity index (χ4n) is 4.37. The Morgan fingerprint density at radius 1 is 0.762 bits per heavy atom. The summed E-state index contributed by atoms with van der Waals surface area (Å²) in [5.41, 5.74) is 2.32. The van der Waals surface area contributed by atoms with Crippen LogP contribution >= 0.6 is 11.6 Å². The van der Waals surface area contributed by atoms with Crippen LogP contribution in [0.15, 0.2) is 120 Å². The van der Waals surface area contributed by atoms with E-state index in [1.807, 2.05) is 30.3 Å². The van der Waals surface area contributed by atoms with Gasteiger partial charge < -0.3 is 5.32 Å². The molecule has 0 aliphatic rings. The Balaban J connectivity index is 1.27. The van der Waals surface area contributed by atoms with Crippen molar-refractivity contribution in [1.29, 1.82) is 0 Å². The van der Waals surface area contributed by atoms with Gasteiger partial charge in [-0.1, -0.05) is 60.1 Å². The molecule has 0 atom stereocenters. The van der Waals surface area contributed by atoms with E-state index in [-0.39, 0.29) is 11.4 Å². The van der Waals surface area contributed by atoms with Crippen molar-refractivity contribution >= 4 is 65.4 Å². The molecule has 214 valence electrons. The first-order valence-electron chi connectivity index (χ1n) is 12.7. The highest BCUT2D eigenvalue weighted by atomic mass is 35.5. The first-order chi connectivity index (χ1) is 20.0. The van der Waals surface area contributed by atoms with E-state index in [2.05, 4.69) is 10.0 Å². The van der Waals surface area contributed by atoms with Crippen molar-refractivity contribution in [2.75, 3.05) is 20.6 Å². The normalized spacial score (nSPS) is 11.7. The SMILES string of the molecule is CS(=O)(=O)N(Cc1ccc(Cl)cc1)c1ccc(C(=O)Nc2ccc(S(=O)(=O)Nc3cccc4ccccc34)cc2)cc1. The van der Waals surface area contributed by atoms with Crippen LogP contribution in [-0.2, 0) is 26.6 Å². The molecule has 0 bridgehead atoms. The van der Waals surface area contributed by atoms with E-state index < -0.39 is 26.0 Å². The number of carbonyl (C=O) groups is 1. The predicted molar refractivity (Wildman–Crippen MR) is 168 cm³/mol. The Bertz CT molecular complexity index is 1960. The molecule has 42 heavy (non-hydrogen) atoms. The second kappa shape index (κ2) is 11.8. The van der Waals surface area contributed by atoms with Gasteiger partial charge in [0.25, 0.3) is 15.9 Å². The van der Waals surface area contributed by atoms with Gasteiger partial charge in [0.2, 0.25) is 10.0 Å². The highest BCUT2D eigenvalue weighted by Crippen LogP contribution is 2.27. The molecular weight excluding hydrogens is 594 g/mol. The van der Waals surface area contributed by atoms with E-state index in [9.17, 15) is 21.6 Å². The molecule has 0 saturated heterocycles. The number of benzene rings is 5. The van der Waals surface area contributed by atoms with Crippen LogP contribution in [0.5, 0.6) is 0 Å². The van der Waals surface area contributed by atoms with Crippen LogP contribution in [0, 0.1) is 0 Å². The molecule has 8 nitrogen and oxygen atoms in total. The second-order valence-corrected chi connectivity index (χ2v) is 13.6. The standard InChI is InChI=1S/C31H26ClN3O5S2/c1-41(37,38)35(21-22-9-13-25(32)14-10-22)27-17-11-24(12-18-27)31(36)33-26-15-19-28(20-16-26)42(39,40)34-30-8-4-6-23-5-2-3-7-29(23)30/h2-20,34H,21H2,1H3,(H,33,36). The molecule has 5 rings (SSSR count). The zero-order valence-electron chi connectivity index (χ0n) is 22.4. The van der Waals surface area contributed by atoms with E-state index in [1.165, 1.54) is 40.7 Å². The number of anilines is 3. The van der Waals surface area contributed by atoms with Crippen LogP contribution < -0.4 is 14.3 Å². The summed E-state index contributed by atoms with van der Waals surface area (Å²) in [6.07, 6.45) is 1.12. The molecule has 0 fully saturated rings. The van der Waals surface area contributed by atoms with Crippen molar-refractivity contribution < 1.29 is 21.6 Å². The number of amides is 1. The Labute approximate surface area is 249 Å². The van der Waals surface area contributed by atoms with E-state index in [0.717, 1.165) is 22.6 Å². The van der Waals surface area contributed by atoms with Crippen LogP contribution in [0.2, 0.25) is 5.02 Å². The van der Waals surface area contributed by atoms with Crippen molar-refractivity contribution in [3.63, 3.8) is 0 Å². The number of hydrogen-bond acceptors (Lipinski definition) is 5. The van der Waals surface area contributed by atoms with Gasteiger partial charge in [0.15, 0.2) is 0 Å². The summed E-state index contributed by atoms with van der Waals surface area (Å²) >= 11 is 5.94. The number of rotatable bonds is 9. The fraction of sp³-hybridized carbons (Fsp3) is 0.0645. The first-order valence-corrected chi connectivity index (χ1v) is 16.4. The third kappa shape index (κ3) is 6.73. The smallest absolute Gasteiger partial charge is 0.261 e. The summed E-state index contributed by atoms with van der Waals surface area (Å²) in [7, 11) is -7.48. The number of nitrogens with zero attached hydrogens (tertiary/aromatic N) is 1. The van der Waals surface area contributed by atoms with Gasteiger partial charge in [0.05, 0.1) is 29.1 Å². The van der Waals surface area contributed by atoms with E-state index in [1.54, 1.807) is 48.5 Å². The molecular formula is C31H26ClN3O5S2. The predicted octanol–water partition coefficient (Wildman–Crippen LogP) is 6.51. The molecule has 0 aliphatic carbocycles. The van der Waals surface area contributed by atoms with E-state index in [0.29, 0.717) is 27.6 Å². The maximum absolute atomic E-state index is 13.0. The van der Waals surface area contributed by atoms with E-state index in [4.69, 9.17) is 11.6 Å². The van der Waals surface area contributed by atoms with Crippen molar-refractivity contribution in [2.24, 2.45) is 0 Å². The van der Waals surface area contributed by atoms with Crippen molar-refractivity contribution in [3.8, 4) is 0 Å². The van der Waals surface area contributed by atoms with Gasteiger partial charge in [-0.25, -0.2) is 16.8 Å². The fourth-order valence-corrected chi connectivity index (χ4v) is 6.47. The van der Waals surface area contributed by atoms with Gasteiger partial charge in [-0.2, -0.15) is 0 Å². The summed E-state index contributed by atoms with van der Waals surface area (Å²) < 4.78 is 54.9. The zero-order chi connectivity index (χ0) is 29.9. The molecule has 5 aromatic rings. The lowest BCUT2D eigenvalue weighted by Crippen LogP contribution is -2.29. The monoisotopic (exact) mass is 619 g/mol. The topological polar surface area (TPSA) is 113 Å². The van der Waals surface area contributed by atoms with Gasteiger partial charge >= 0.3 is 0 Å². The second-order valence-electron chi connectivity index (χ2n) is 9.55. The first kappa shape index (κ1) is 29.1. The molecule has 0 aromatic heterocycles. The van der Waals surface area contributed by atoms with Crippen molar-refractivity contribution in [2.45, 2.75) is 11.4 Å². The number of halogens is 1. The maximum atomic E-state index is 13.0. The third-order valence-electron chi connectivity index (χ3n) is 6.51. The van der Waals surface area contributed by atoms with E-state index >= 15 is 0 Å². The average molecular weight is 620 g/mol.